The van der Waals surface area contributed by atoms with Crippen LogP contribution in [0.1, 0.15) is 44.6 Å². The first-order valence-corrected chi connectivity index (χ1v) is 13.2. The number of hydrogen-bond donors (Lipinski definition) is 1. The molecular weight excluding hydrogens is 464 g/mol. The Morgan fingerprint density at radius 2 is 1.80 bits per heavy atom. The highest BCUT2D eigenvalue weighted by atomic mass is 35.5. The fraction of sp³-hybridized carbons (Fsp3) is 0.593. The molecule has 1 aromatic carbocycles. The van der Waals surface area contributed by atoms with E-state index in [0.717, 1.165) is 38.9 Å². The van der Waals surface area contributed by atoms with E-state index in [1.165, 1.54) is 15.9 Å². The van der Waals surface area contributed by atoms with Gasteiger partial charge >= 0.3 is 5.97 Å². The minimum atomic E-state index is -0.802. The Hall–Kier alpha value is -2.54. The molecule has 1 aromatic heterocycles. The van der Waals surface area contributed by atoms with E-state index in [1.807, 2.05) is 0 Å². The van der Waals surface area contributed by atoms with Crippen LogP contribution >= 0.6 is 11.6 Å². The van der Waals surface area contributed by atoms with Crippen molar-refractivity contribution in [2.75, 3.05) is 29.4 Å². The number of carboxylic acids is 1. The van der Waals surface area contributed by atoms with Gasteiger partial charge in [0.25, 0.3) is 5.56 Å². The van der Waals surface area contributed by atoms with E-state index in [4.69, 9.17) is 11.6 Å². The highest BCUT2D eigenvalue weighted by Crippen LogP contribution is 2.61. The topological polar surface area (TPSA) is 78.7 Å². The number of rotatable bonds is 4. The summed E-state index contributed by atoms with van der Waals surface area (Å²) in [6.07, 6.45) is 6.19. The zero-order valence-corrected chi connectivity index (χ0v) is 21.1. The van der Waals surface area contributed by atoms with Crippen LogP contribution < -0.4 is 15.4 Å². The number of piperazine rings is 1. The van der Waals surface area contributed by atoms with Crippen molar-refractivity contribution in [1.29, 1.82) is 0 Å². The third kappa shape index (κ3) is 3.57. The first-order valence-electron chi connectivity index (χ1n) is 12.9. The van der Waals surface area contributed by atoms with Crippen molar-refractivity contribution in [3.8, 4) is 0 Å². The molecule has 35 heavy (non-hydrogen) atoms. The summed E-state index contributed by atoms with van der Waals surface area (Å²) in [6, 6.07) is 8.81. The van der Waals surface area contributed by atoms with E-state index in [1.54, 1.807) is 6.20 Å². The minimum Gasteiger partial charge on any atom is -0.481 e. The summed E-state index contributed by atoms with van der Waals surface area (Å²) < 4.78 is 1.48. The Bertz CT molecular complexity index is 1200. The number of anilines is 2. The summed E-state index contributed by atoms with van der Waals surface area (Å²) in [5.41, 5.74) is 1.99. The molecule has 2 heterocycles. The summed E-state index contributed by atoms with van der Waals surface area (Å²) in [5, 5.41) is 15.0. The molecule has 0 radical (unpaired) electrons. The standard InChI is InChI=1S/C27H33ClN4O3/c1-16-3-5-21(6-4-16)31-8-7-30(15-17(31)2)22-14-29-32(25(33)24(22)28)27-12-18-9-19(13-27)11-20(10-18)23(27)26(34)35/h3-6,14,17-20,23H,7-13,15H2,1-2H3,(H,34,35)/t17-,18+,19+,20?,23+,27?/m1/s1. The predicted octanol–water partition coefficient (Wildman–Crippen LogP) is 4.16. The van der Waals surface area contributed by atoms with Crippen molar-refractivity contribution in [3.05, 3.63) is 51.4 Å². The summed E-state index contributed by atoms with van der Waals surface area (Å²) in [7, 11) is 0. The monoisotopic (exact) mass is 496 g/mol. The highest BCUT2D eigenvalue weighted by Gasteiger charge is 2.61. The summed E-state index contributed by atoms with van der Waals surface area (Å²) in [5.74, 6) is -0.289. The van der Waals surface area contributed by atoms with Crippen LogP contribution in [0.2, 0.25) is 5.02 Å². The minimum absolute atomic E-state index is 0.126. The number of nitrogens with zero attached hydrogens (tertiary/aromatic N) is 4. The highest BCUT2D eigenvalue weighted by molar-refractivity contribution is 6.33. The van der Waals surface area contributed by atoms with Crippen LogP contribution in [0.25, 0.3) is 0 Å². The van der Waals surface area contributed by atoms with Gasteiger partial charge in [0, 0.05) is 31.4 Å². The van der Waals surface area contributed by atoms with E-state index in [9.17, 15) is 14.7 Å². The van der Waals surface area contributed by atoms with E-state index in [-0.39, 0.29) is 22.5 Å². The molecule has 1 aliphatic heterocycles. The summed E-state index contributed by atoms with van der Waals surface area (Å²) in [6.45, 7) is 6.55. The molecule has 8 heteroatoms. The molecule has 4 bridgehead atoms. The molecule has 0 amide bonds. The van der Waals surface area contributed by atoms with Gasteiger partial charge in [-0.15, -0.1) is 0 Å². The van der Waals surface area contributed by atoms with Gasteiger partial charge in [-0.25, -0.2) is 4.68 Å². The number of carbonyl (C=O) groups is 1. The number of aromatic nitrogens is 2. The lowest BCUT2D eigenvalue weighted by Crippen LogP contribution is -2.63. The van der Waals surface area contributed by atoms with Gasteiger partial charge in [0.05, 0.1) is 23.3 Å². The van der Waals surface area contributed by atoms with Crippen molar-refractivity contribution < 1.29 is 9.90 Å². The molecule has 186 valence electrons. The fourth-order valence-corrected chi connectivity index (χ4v) is 8.24. The normalized spacial score (nSPS) is 33.9. The lowest BCUT2D eigenvalue weighted by atomic mass is 9.48. The Morgan fingerprint density at radius 1 is 1.11 bits per heavy atom. The molecule has 4 atom stereocenters. The number of aliphatic carboxylic acids is 1. The molecule has 7 rings (SSSR count). The van der Waals surface area contributed by atoms with Crippen LogP contribution in [0.15, 0.2) is 35.3 Å². The van der Waals surface area contributed by atoms with Gasteiger partial charge in [-0.3, -0.25) is 9.59 Å². The average Bonchev–Trinajstić information content (AvgIpc) is 2.80. The van der Waals surface area contributed by atoms with Crippen molar-refractivity contribution in [3.63, 3.8) is 0 Å². The second-order valence-electron chi connectivity index (χ2n) is 11.4. The van der Waals surface area contributed by atoms with Crippen molar-refractivity contribution in [1.82, 2.24) is 9.78 Å². The molecule has 4 saturated carbocycles. The molecule has 0 unspecified atom stereocenters. The molecule has 1 saturated heterocycles. The van der Waals surface area contributed by atoms with Crippen LogP contribution in [0.3, 0.4) is 0 Å². The maximum atomic E-state index is 13.7. The second kappa shape index (κ2) is 8.26. The Morgan fingerprint density at radius 3 is 2.43 bits per heavy atom. The zero-order valence-electron chi connectivity index (χ0n) is 20.4. The summed E-state index contributed by atoms with van der Waals surface area (Å²) >= 11 is 6.74. The molecule has 0 spiro atoms. The Kier molecular flexibility index (Phi) is 5.40. The van der Waals surface area contributed by atoms with Gasteiger partial charge in [0.1, 0.15) is 5.02 Å². The third-order valence-corrected chi connectivity index (χ3v) is 9.55. The van der Waals surface area contributed by atoms with Gasteiger partial charge in [-0.05, 0) is 75.8 Å². The first-order chi connectivity index (χ1) is 16.8. The molecule has 5 aliphatic rings. The van der Waals surface area contributed by atoms with Gasteiger partial charge in [0.15, 0.2) is 0 Å². The van der Waals surface area contributed by atoms with Gasteiger partial charge < -0.3 is 14.9 Å². The van der Waals surface area contributed by atoms with Crippen LogP contribution in [-0.2, 0) is 10.3 Å². The Balaban J connectivity index is 1.29. The predicted molar refractivity (Wildman–Crippen MR) is 136 cm³/mol. The smallest absolute Gasteiger partial charge is 0.309 e. The number of carboxylic acid groups (broad SMARTS) is 1. The molecular formula is C27H33ClN4O3. The van der Waals surface area contributed by atoms with Crippen LogP contribution in [0.4, 0.5) is 11.4 Å². The van der Waals surface area contributed by atoms with Crippen LogP contribution in [-0.4, -0.2) is 46.5 Å². The quantitative estimate of drug-likeness (QED) is 0.685. The van der Waals surface area contributed by atoms with E-state index in [2.05, 4.69) is 53.0 Å². The molecule has 7 nitrogen and oxygen atoms in total. The number of aryl methyl sites for hydroxylation is 1. The van der Waals surface area contributed by atoms with E-state index in [0.29, 0.717) is 30.4 Å². The zero-order chi connectivity index (χ0) is 24.5. The SMILES string of the molecule is Cc1ccc(N2CCN(c3cnn(C45C[C@@H]6CC(C[C@H](C6)C4)[C@H]5C(=O)O)c(=O)c3Cl)C[C@H]2C)cc1. The van der Waals surface area contributed by atoms with Crippen LogP contribution in [0, 0.1) is 30.6 Å². The van der Waals surface area contributed by atoms with E-state index >= 15 is 0 Å². The van der Waals surface area contributed by atoms with Crippen molar-refractivity contribution in [2.24, 2.45) is 23.7 Å². The van der Waals surface area contributed by atoms with E-state index < -0.39 is 17.4 Å². The summed E-state index contributed by atoms with van der Waals surface area (Å²) in [4.78, 5) is 30.6. The van der Waals surface area contributed by atoms with Crippen molar-refractivity contribution in [2.45, 2.75) is 57.5 Å². The Labute approximate surface area is 210 Å². The fourth-order valence-electron chi connectivity index (χ4n) is 7.99. The number of benzene rings is 1. The molecule has 2 aromatic rings. The van der Waals surface area contributed by atoms with Crippen LogP contribution in [0.5, 0.6) is 0 Å². The first kappa shape index (κ1) is 22.9. The van der Waals surface area contributed by atoms with Crippen molar-refractivity contribution >= 4 is 28.9 Å². The van der Waals surface area contributed by atoms with Gasteiger partial charge in [-0.2, -0.15) is 5.10 Å². The lowest BCUT2D eigenvalue weighted by Gasteiger charge is -2.59. The second-order valence-corrected chi connectivity index (χ2v) is 11.8. The third-order valence-electron chi connectivity index (χ3n) is 9.20. The lowest BCUT2D eigenvalue weighted by molar-refractivity contribution is -0.168. The largest absolute Gasteiger partial charge is 0.481 e. The number of hydrogen-bond acceptors (Lipinski definition) is 5. The molecule has 1 N–H and O–H groups in total. The number of halogens is 1. The maximum absolute atomic E-state index is 13.7. The average molecular weight is 497 g/mol. The van der Waals surface area contributed by atoms with Gasteiger partial charge in [-0.1, -0.05) is 29.3 Å². The maximum Gasteiger partial charge on any atom is 0.309 e. The molecule has 4 aliphatic carbocycles. The molecule has 5 fully saturated rings. The van der Waals surface area contributed by atoms with Gasteiger partial charge in [0.2, 0.25) is 0 Å².